The first kappa shape index (κ1) is 18.4. The largest absolute Gasteiger partial charge is 0.337 e. The van der Waals surface area contributed by atoms with Gasteiger partial charge in [-0.1, -0.05) is 30.3 Å². The van der Waals surface area contributed by atoms with E-state index in [9.17, 15) is 14.4 Å². The zero-order valence-corrected chi connectivity index (χ0v) is 15.1. The van der Waals surface area contributed by atoms with Crippen LogP contribution in [-0.4, -0.2) is 52.8 Å². The number of hydrogen-bond donors (Lipinski definition) is 2. The molecule has 7 nitrogen and oxygen atoms in total. The van der Waals surface area contributed by atoms with Crippen molar-refractivity contribution in [2.24, 2.45) is 11.7 Å². The molecule has 3 N–H and O–H groups in total. The van der Waals surface area contributed by atoms with Crippen molar-refractivity contribution in [1.29, 1.82) is 0 Å². The molecule has 0 spiro atoms. The highest BCUT2D eigenvalue weighted by atomic mass is 16.2. The van der Waals surface area contributed by atoms with E-state index in [1.54, 1.807) is 11.8 Å². The molecule has 1 saturated carbocycles. The quantitative estimate of drug-likeness (QED) is 0.680. The fourth-order valence-electron chi connectivity index (χ4n) is 3.41. The zero-order chi connectivity index (χ0) is 18.7. The van der Waals surface area contributed by atoms with Crippen LogP contribution in [0.4, 0.5) is 4.79 Å². The molecular weight excluding hydrogens is 332 g/mol. The van der Waals surface area contributed by atoms with Crippen molar-refractivity contribution < 1.29 is 14.4 Å². The molecule has 1 atom stereocenters. The van der Waals surface area contributed by atoms with Crippen molar-refractivity contribution in [2.45, 2.75) is 38.3 Å². The van der Waals surface area contributed by atoms with Crippen molar-refractivity contribution in [3.63, 3.8) is 0 Å². The third-order valence-electron chi connectivity index (χ3n) is 5.19. The minimum absolute atomic E-state index is 0.178. The zero-order valence-electron chi connectivity index (χ0n) is 15.1. The molecule has 140 valence electrons. The summed E-state index contributed by atoms with van der Waals surface area (Å²) in [6.45, 7) is 2.92. The highest BCUT2D eigenvalue weighted by Crippen LogP contribution is 2.42. The van der Waals surface area contributed by atoms with E-state index in [0.717, 1.165) is 23.3 Å². The number of nitrogens with two attached hydrogens (primary N) is 1. The Morgan fingerprint density at radius 2 is 2.00 bits per heavy atom. The summed E-state index contributed by atoms with van der Waals surface area (Å²) in [5.41, 5.74) is 5.72. The monoisotopic (exact) mass is 358 g/mol. The number of carbonyl (C=O) groups excluding carboxylic acids is 3. The molecule has 1 aliphatic carbocycles. The Hall–Kier alpha value is -2.41. The number of amides is 4. The van der Waals surface area contributed by atoms with E-state index in [-0.39, 0.29) is 24.3 Å². The second-order valence-corrected chi connectivity index (χ2v) is 7.24. The maximum Gasteiger partial charge on any atom is 0.325 e. The van der Waals surface area contributed by atoms with Crippen LogP contribution in [0.25, 0.3) is 0 Å². The van der Waals surface area contributed by atoms with Gasteiger partial charge in [0.15, 0.2) is 0 Å². The molecule has 0 aromatic heterocycles. The fraction of sp³-hybridized carbons (Fsp3) is 0.526. The molecule has 2 aliphatic rings. The summed E-state index contributed by atoms with van der Waals surface area (Å²) in [4.78, 5) is 40.5. The van der Waals surface area contributed by atoms with E-state index in [1.807, 2.05) is 30.3 Å². The van der Waals surface area contributed by atoms with Crippen LogP contribution in [-0.2, 0) is 16.1 Å². The lowest BCUT2D eigenvalue weighted by Crippen LogP contribution is -2.47. The number of nitrogens with zero attached hydrogens (tertiary/aromatic N) is 2. The van der Waals surface area contributed by atoms with Gasteiger partial charge in [0.05, 0.1) is 0 Å². The van der Waals surface area contributed by atoms with Crippen LogP contribution in [0.3, 0.4) is 0 Å². The maximum absolute atomic E-state index is 12.8. The molecule has 3 rings (SSSR count). The summed E-state index contributed by atoms with van der Waals surface area (Å²) in [6, 6.07) is 9.16. The predicted molar refractivity (Wildman–Crippen MR) is 96.9 cm³/mol. The van der Waals surface area contributed by atoms with Crippen LogP contribution in [0.2, 0.25) is 0 Å². The lowest BCUT2D eigenvalue weighted by molar-refractivity contribution is -0.139. The summed E-state index contributed by atoms with van der Waals surface area (Å²) >= 11 is 0. The molecular formula is C19H26N4O3. The summed E-state index contributed by atoms with van der Waals surface area (Å²) in [7, 11) is 0. The molecule has 7 heteroatoms. The third kappa shape index (κ3) is 3.72. The predicted octanol–water partition coefficient (Wildman–Crippen LogP) is 1.08. The van der Waals surface area contributed by atoms with Gasteiger partial charge in [-0.3, -0.25) is 14.5 Å². The Kier molecular flexibility index (Phi) is 5.27. The highest BCUT2D eigenvalue weighted by molar-refractivity contribution is 6.09. The molecule has 1 unspecified atom stereocenters. The average molecular weight is 358 g/mol. The summed E-state index contributed by atoms with van der Waals surface area (Å²) in [5, 5.41) is 2.78. The van der Waals surface area contributed by atoms with E-state index in [1.165, 1.54) is 0 Å². The number of imide groups is 1. The number of hydrogen-bond acceptors (Lipinski definition) is 4. The molecule has 1 heterocycles. The van der Waals surface area contributed by atoms with Crippen molar-refractivity contribution in [3.05, 3.63) is 35.9 Å². The van der Waals surface area contributed by atoms with Gasteiger partial charge in [0.2, 0.25) is 5.91 Å². The Bertz CT molecular complexity index is 689. The Labute approximate surface area is 153 Å². The van der Waals surface area contributed by atoms with E-state index in [4.69, 9.17) is 5.73 Å². The minimum atomic E-state index is -0.862. The summed E-state index contributed by atoms with van der Waals surface area (Å²) < 4.78 is 0. The second-order valence-electron chi connectivity index (χ2n) is 7.24. The van der Waals surface area contributed by atoms with Gasteiger partial charge in [-0.2, -0.15) is 0 Å². The first-order valence-corrected chi connectivity index (χ1v) is 9.11. The second kappa shape index (κ2) is 7.45. The number of rotatable bonds is 8. The Balaban J connectivity index is 1.68. The minimum Gasteiger partial charge on any atom is -0.337 e. The molecule has 1 aromatic carbocycles. The van der Waals surface area contributed by atoms with E-state index in [2.05, 4.69) is 5.32 Å². The van der Waals surface area contributed by atoms with Gasteiger partial charge in [-0.15, -0.1) is 0 Å². The van der Waals surface area contributed by atoms with Crippen LogP contribution in [0.5, 0.6) is 0 Å². The van der Waals surface area contributed by atoms with Crippen molar-refractivity contribution in [3.8, 4) is 0 Å². The number of carbonyl (C=O) groups is 3. The maximum atomic E-state index is 12.8. The highest BCUT2D eigenvalue weighted by Gasteiger charge is 2.56. The third-order valence-corrected chi connectivity index (χ3v) is 5.19. The molecule has 26 heavy (non-hydrogen) atoms. The molecule has 1 saturated heterocycles. The van der Waals surface area contributed by atoms with Crippen LogP contribution >= 0.6 is 0 Å². The molecule has 0 radical (unpaired) electrons. The fourth-order valence-corrected chi connectivity index (χ4v) is 3.41. The molecule has 1 aliphatic heterocycles. The smallest absolute Gasteiger partial charge is 0.325 e. The molecule has 1 aromatic rings. The topological polar surface area (TPSA) is 95.7 Å². The van der Waals surface area contributed by atoms with E-state index >= 15 is 0 Å². The van der Waals surface area contributed by atoms with Crippen LogP contribution in [0.1, 0.15) is 31.7 Å². The molecule has 2 fully saturated rings. The van der Waals surface area contributed by atoms with Gasteiger partial charge in [-0.05, 0) is 44.2 Å². The Morgan fingerprint density at radius 3 is 2.62 bits per heavy atom. The SMILES string of the molecule is CC1(C2CC2)NC(=O)N(CC(=O)N(CCCN)Cc2ccccc2)C1=O. The van der Waals surface area contributed by atoms with Gasteiger partial charge in [0.25, 0.3) is 5.91 Å². The standard InChI is InChI=1S/C19H26N4O3/c1-19(15-8-9-15)17(25)23(18(26)21-19)13-16(24)22(11-5-10-20)12-14-6-3-2-4-7-14/h2-4,6-7,15H,5,8-13,20H2,1H3,(H,21,26). The van der Waals surface area contributed by atoms with E-state index < -0.39 is 11.6 Å². The van der Waals surface area contributed by atoms with Gasteiger partial charge < -0.3 is 16.0 Å². The first-order valence-electron chi connectivity index (χ1n) is 9.11. The van der Waals surface area contributed by atoms with Crippen molar-refractivity contribution >= 4 is 17.8 Å². The van der Waals surface area contributed by atoms with Gasteiger partial charge >= 0.3 is 6.03 Å². The molecule has 4 amide bonds. The normalized spacial score (nSPS) is 22.5. The summed E-state index contributed by atoms with van der Waals surface area (Å²) in [5.74, 6) is -0.362. The van der Waals surface area contributed by atoms with Gasteiger partial charge in [0.1, 0.15) is 12.1 Å². The summed E-state index contributed by atoms with van der Waals surface area (Å²) in [6.07, 6.45) is 2.53. The van der Waals surface area contributed by atoms with Crippen LogP contribution in [0, 0.1) is 5.92 Å². The number of benzene rings is 1. The lowest BCUT2D eigenvalue weighted by atomic mass is 9.96. The Morgan fingerprint density at radius 1 is 1.31 bits per heavy atom. The number of nitrogens with one attached hydrogen (secondary N) is 1. The van der Waals surface area contributed by atoms with Gasteiger partial charge in [-0.25, -0.2) is 4.79 Å². The van der Waals surface area contributed by atoms with Crippen molar-refractivity contribution in [1.82, 2.24) is 15.1 Å². The first-order chi connectivity index (χ1) is 12.5. The van der Waals surface area contributed by atoms with Crippen LogP contribution < -0.4 is 11.1 Å². The average Bonchev–Trinajstić information content (AvgIpc) is 3.45. The lowest BCUT2D eigenvalue weighted by Gasteiger charge is -2.25. The van der Waals surface area contributed by atoms with Crippen LogP contribution in [0.15, 0.2) is 30.3 Å². The van der Waals surface area contributed by atoms with Gasteiger partial charge in [0, 0.05) is 13.1 Å². The van der Waals surface area contributed by atoms with Crippen molar-refractivity contribution in [2.75, 3.05) is 19.6 Å². The van der Waals surface area contributed by atoms with E-state index in [0.29, 0.717) is 26.1 Å². The molecule has 0 bridgehead atoms. The number of urea groups is 1.